The van der Waals surface area contributed by atoms with Gasteiger partial charge in [-0.2, -0.15) is 0 Å². The van der Waals surface area contributed by atoms with E-state index in [-0.39, 0.29) is 5.92 Å². The van der Waals surface area contributed by atoms with Crippen LogP contribution in [-0.2, 0) is 19.2 Å². The van der Waals surface area contributed by atoms with E-state index >= 15 is 0 Å². The van der Waals surface area contributed by atoms with Crippen molar-refractivity contribution in [3.05, 3.63) is 0 Å². The van der Waals surface area contributed by atoms with Crippen molar-refractivity contribution in [3.63, 3.8) is 0 Å². The van der Waals surface area contributed by atoms with Crippen molar-refractivity contribution in [1.29, 1.82) is 0 Å². The summed E-state index contributed by atoms with van der Waals surface area (Å²) in [6.07, 6.45) is 1.02. The molecule has 0 spiro atoms. The molecule has 0 aromatic heterocycles. The van der Waals surface area contributed by atoms with Gasteiger partial charge in [0.1, 0.15) is 18.1 Å². The first-order chi connectivity index (χ1) is 11.6. The first-order valence-corrected chi connectivity index (χ1v) is 8.45. The maximum atomic E-state index is 12.4. The minimum absolute atomic E-state index is 0.0705. The molecule has 4 unspecified atom stereocenters. The van der Waals surface area contributed by atoms with E-state index in [0.29, 0.717) is 19.4 Å². The van der Waals surface area contributed by atoms with Gasteiger partial charge in [0.05, 0.1) is 6.04 Å². The summed E-state index contributed by atoms with van der Waals surface area (Å²) >= 11 is 0. The first-order valence-electron chi connectivity index (χ1n) is 8.45. The number of nitrogens with two attached hydrogens (primary N) is 1. The van der Waals surface area contributed by atoms with E-state index in [9.17, 15) is 19.2 Å². The normalized spacial score (nSPS) is 20.7. The van der Waals surface area contributed by atoms with Crippen LogP contribution in [0.1, 0.15) is 40.5 Å². The number of aliphatic carboxylic acids is 1. The van der Waals surface area contributed by atoms with E-state index in [4.69, 9.17) is 10.8 Å². The summed E-state index contributed by atoms with van der Waals surface area (Å²) in [7, 11) is 0. The van der Waals surface area contributed by atoms with Gasteiger partial charge in [-0.3, -0.25) is 14.4 Å². The Bertz CT molecular complexity index is 537. The van der Waals surface area contributed by atoms with E-state index in [1.807, 2.05) is 0 Å². The van der Waals surface area contributed by atoms with Gasteiger partial charge in [0.15, 0.2) is 0 Å². The highest BCUT2D eigenvalue weighted by atomic mass is 16.4. The minimum atomic E-state index is -1.05. The van der Waals surface area contributed by atoms with Gasteiger partial charge in [-0.15, -0.1) is 0 Å². The molecule has 5 N–H and O–H groups in total. The van der Waals surface area contributed by atoms with Crippen molar-refractivity contribution in [3.8, 4) is 0 Å². The van der Waals surface area contributed by atoms with E-state index in [1.165, 1.54) is 18.7 Å². The molecule has 3 amide bonds. The lowest BCUT2D eigenvalue weighted by molar-refractivity contribution is -0.149. The van der Waals surface area contributed by atoms with Gasteiger partial charge in [-0.05, 0) is 32.6 Å². The first kappa shape index (κ1) is 20.9. The molecule has 1 fully saturated rings. The summed E-state index contributed by atoms with van der Waals surface area (Å²) in [6, 6.07) is -3.32. The van der Waals surface area contributed by atoms with Crippen LogP contribution in [0.25, 0.3) is 0 Å². The van der Waals surface area contributed by atoms with Crippen molar-refractivity contribution < 1.29 is 24.3 Å². The molecule has 1 heterocycles. The minimum Gasteiger partial charge on any atom is -0.480 e. The number of hydrogen-bond donors (Lipinski definition) is 4. The van der Waals surface area contributed by atoms with Crippen LogP contribution >= 0.6 is 0 Å². The molecule has 25 heavy (non-hydrogen) atoms. The van der Waals surface area contributed by atoms with Gasteiger partial charge < -0.3 is 26.4 Å². The zero-order valence-electron chi connectivity index (χ0n) is 15.1. The van der Waals surface area contributed by atoms with Gasteiger partial charge in [-0.25, -0.2) is 4.79 Å². The highest BCUT2D eigenvalue weighted by Gasteiger charge is 2.36. The number of carboxylic acids is 1. The molecule has 4 atom stereocenters. The predicted octanol–water partition coefficient (Wildman–Crippen LogP) is -0.945. The third-order valence-electron chi connectivity index (χ3n) is 4.32. The molecule has 0 saturated carbocycles. The van der Waals surface area contributed by atoms with Gasteiger partial charge in [0, 0.05) is 6.54 Å². The average molecular weight is 356 g/mol. The fourth-order valence-electron chi connectivity index (χ4n) is 2.61. The Morgan fingerprint density at radius 3 is 2.12 bits per heavy atom. The Labute approximate surface area is 147 Å². The second-order valence-electron chi connectivity index (χ2n) is 6.76. The molecule has 1 aliphatic heterocycles. The number of rotatable bonds is 7. The Morgan fingerprint density at radius 2 is 1.60 bits per heavy atom. The molecule has 1 aliphatic rings. The van der Waals surface area contributed by atoms with Crippen molar-refractivity contribution in [2.24, 2.45) is 11.7 Å². The zero-order valence-corrected chi connectivity index (χ0v) is 15.1. The van der Waals surface area contributed by atoms with Crippen molar-refractivity contribution >= 4 is 23.7 Å². The van der Waals surface area contributed by atoms with E-state index in [1.54, 1.807) is 13.8 Å². The maximum Gasteiger partial charge on any atom is 0.326 e. The highest BCUT2D eigenvalue weighted by molar-refractivity contribution is 5.93. The number of carbonyl (C=O) groups excluding carboxylic acids is 3. The van der Waals surface area contributed by atoms with Crippen LogP contribution in [0.5, 0.6) is 0 Å². The van der Waals surface area contributed by atoms with Gasteiger partial charge in [0.25, 0.3) is 0 Å². The van der Waals surface area contributed by atoms with Crippen LogP contribution in [0, 0.1) is 5.92 Å². The topological polar surface area (TPSA) is 142 Å². The number of hydrogen-bond acceptors (Lipinski definition) is 5. The van der Waals surface area contributed by atoms with Crippen molar-refractivity contribution in [2.75, 3.05) is 6.54 Å². The molecule has 0 radical (unpaired) electrons. The molecular formula is C16H28N4O5. The lowest BCUT2D eigenvalue weighted by Crippen LogP contribution is -2.56. The number of nitrogens with one attached hydrogen (secondary N) is 2. The molecular weight excluding hydrogens is 328 g/mol. The number of nitrogens with zero attached hydrogens (tertiary/aromatic N) is 1. The van der Waals surface area contributed by atoms with E-state index in [2.05, 4.69) is 10.6 Å². The van der Waals surface area contributed by atoms with Crippen LogP contribution < -0.4 is 16.4 Å². The molecule has 0 aliphatic carbocycles. The molecule has 0 bridgehead atoms. The largest absolute Gasteiger partial charge is 0.480 e. The highest BCUT2D eigenvalue weighted by Crippen LogP contribution is 2.18. The summed E-state index contributed by atoms with van der Waals surface area (Å²) < 4.78 is 0. The molecule has 0 aromatic rings. The Morgan fingerprint density at radius 1 is 1.04 bits per heavy atom. The Kier molecular flexibility index (Phi) is 7.35. The van der Waals surface area contributed by atoms with Crippen LogP contribution in [0.2, 0.25) is 0 Å². The van der Waals surface area contributed by atoms with Crippen molar-refractivity contribution in [1.82, 2.24) is 15.5 Å². The summed E-state index contributed by atoms with van der Waals surface area (Å²) in [4.78, 5) is 48.9. The molecule has 0 aromatic carbocycles. The summed E-state index contributed by atoms with van der Waals surface area (Å²) in [6.45, 7) is 6.93. The zero-order chi connectivity index (χ0) is 19.3. The molecule has 142 valence electrons. The number of carboxylic acid groups (broad SMARTS) is 1. The number of carbonyl (C=O) groups is 4. The Balaban J connectivity index is 2.59. The molecule has 9 heteroatoms. The summed E-state index contributed by atoms with van der Waals surface area (Å²) in [5, 5.41) is 14.2. The van der Waals surface area contributed by atoms with E-state index in [0.717, 1.165) is 0 Å². The van der Waals surface area contributed by atoms with Gasteiger partial charge >= 0.3 is 5.97 Å². The number of likely N-dealkylation sites (tertiary alicyclic amines) is 1. The van der Waals surface area contributed by atoms with Crippen LogP contribution in [0.3, 0.4) is 0 Å². The lowest BCUT2D eigenvalue weighted by Gasteiger charge is -2.26. The lowest BCUT2D eigenvalue weighted by atomic mass is 10.0. The van der Waals surface area contributed by atoms with Gasteiger partial charge in [-0.1, -0.05) is 13.8 Å². The maximum absolute atomic E-state index is 12.4. The Hall–Kier alpha value is -2.16. The average Bonchev–Trinajstić information content (AvgIpc) is 3.02. The summed E-state index contributed by atoms with van der Waals surface area (Å²) in [5.41, 5.74) is 5.72. The van der Waals surface area contributed by atoms with Crippen molar-refractivity contribution in [2.45, 2.75) is 64.7 Å². The SMILES string of the molecule is CC(NC(=O)C(N)C(C)C)C(=O)NC(C)C(=O)N1CCCC1C(=O)O. The second kappa shape index (κ2) is 8.80. The van der Waals surface area contributed by atoms with Crippen LogP contribution in [0.15, 0.2) is 0 Å². The molecule has 9 nitrogen and oxygen atoms in total. The smallest absolute Gasteiger partial charge is 0.326 e. The third kappa shape index (κ3) is 5.42. The van der Waals surface area contributed by atoms with Gasteiger partial charge in [0.2, 0.25) is 17.7 Å². The third-order valence-corrected chi connectivity index (χ3v) is 4.32. The number of amides is 3. The quantitative estimate of drug-likeness (QED) is 0.463. The molecule has 1 rings (SSSR count). The summed E-state index contributed by atoms with van der Waals surface area (Å²) in [5.74, 6) is -2.54. The fraction of sp³-hybridized carbons (Fsp3) is 0.750. The monoisotopic (exact) mass is 356 g/mol. The van der Waals surface area contributed by atoms with E-state index < -0.39 is 47.9 Å². The molecule has 1 saturated heterocycles. The van der Waals surface area contributed by atoms with Crippen LogP contribution in [0.4, 0.5) is 0 Å². The fourth-order valence-corrected chi connectivity index (χ4v) is 2.61. The van der Waals surface area contributed by atoms with Crippen LogP contribution in [-0.4, -0.2) is 64.4 Å². The standard InChI is InChI=1S/C16H28N4O5/c1-8(2)12(17)14(22)18-9(3)13(21)19-10(4)15(23)20-7-5-6-11(20)16(24)25/h8-12H,5-7,17H2,1-4H3,(H,18,22)(H,19,21)(H,24,25). The second-order valence-corrected chi connectivity index (χ2v) is 6.76. The predicted molar refractivity (Wildman–Crippen MR) is 90.4 cm³/mol.